The standard InChI is InChI=1S/C24H32ClN3O5S/c1-5-6-10-24(26-14-19(16-29)27-24)13-17-11-21(28(15-17)22(30)33-23(2,3)4)34(31,32)20-9-7-8-18(25)12-20/h7-9,12,14,16-17,21H,5-6,10-11,13,15H2,1-4H3. The van der Waals surface area contributed by atoms with Gasteiger partial charge in [0.1, 0.15) is 16.7 Å². The van der Waals surface area contributed by atoms with Crippen LogP contribution in [0.2, 0.25) is 5.02 Å². The number of amides is 1. The zero-order valence-electron chi connectivity index (χ0n) is 20.0. The van der Waals surface area contributed by atoms with Crippen molar-refractivity contribution < 1.29 is 22.7 Å². The molecule has 0 aliphatic carbocycles. The summed E-state index contributed by atoms with van der Waals surface area (Å²) in [5, 5.41) is -0.803. The molecule has 34 heavy (non-hydrogen) atoms. The molecule has 1 aromatic rings. The van der Waals surface area contributed by atoms with Gasteiger partial charge >= 0.3 is 6.09 Å². The molecule has 3 atom stereocenters. The Morgan fingerprint density at radius 3 is 2.68 bits per heavy atom. The summed E-state index contributed by atoms with van der Waals surface area (Å²) in [6.45, 7) is 7.46. The van der Waals surface area contributed by atoms with E-state index in [1.165, 1.54) is 23.2 Å². The number of rotatable bonds is 8. The Morgan fingerprint density at radius 1 is 1.35 bits per heavy atom. The molecule has 0 spiro atoms. The van der Waals surface area contributed by atoms with Crippen molar-refractivity contribution in [2.45, 2.75) is 81.3 Å². The van der Waals surface area contributed by atoms with Crippen molar-refractivity contribution >= 4 is 45.7 Å². The predicted octanol–water partition coefficient (Wildman–Crippen LogP) is 4.70. The molecule has 3 rings (SSSR count). The van der Waals surface area contributed by atoms with Gasteiger partial charge in [0.25, 0.3) is 0 Å². The van der Waals surface area contributed by atoms with Gasteiger partial charge in [-0.2, -0.15) is 0 Å². The van der Waals surface area contributed by atoms with Crippen LogP contribution in [0.5, 0.6) is 0 Å². The van der Waals surface area contributed by atoms with E-state index in [-0.39, 0.29) is 29.5 Å². The average Bonchev–Trinajstić information content (AvgIpc) is 3.36. The van der Waals surface area contributed by atoms with Gasteiger partial charge in [0, 0.05) is 11.6 Å². The summed E-state index contributed by atoms with van der Waals surface area (Å²) >= 11 is 6.05. The average molecular weight is 510 g/mol. The molecule has 0 bridgehead atoms. The zero-order valence-corrected chi connectivity index (χ0v) is 21.6. The molecule has 1 amide bonds. The van der Waals surface area contributed by atoms with Crippen molar-refractivity contribution in [3.05, 3.63) is 29.3 Å². The molecule has 1 saturated heterocycles. The molecule has 2 heterocycles. The Labute approximate surface area is 206 Å². The number of carbonyl (C=O) groups excluding carboxylic acids is 2. The second-order valence-corrected chi connectivity index (χ2v) is 12.4. The fraction of sp³-hybridized carbons (Fsp3) is 0.583. The number of nitrogens with zero attached hydrogens (tertiary/aromatic N) is 3. The molecule has 0 saturated carbocycles. The largest absolute Gasteiger partial charge is 0.444 e. The molecule has 0 radical (unpaired) electrons. The number of aliphatic imine (C=N–C) groups is 2. The molecule has 3 unspecified atom stereocenters. The van der Waals surface area contributed by atoms with Crippen LogP contribution in [0.25, 0.3) is 0 Å². The fourth-order valence-electron chi connectivity index (χ4n) is 4.42. The van der Waals surface area contributed by atoms with E-state index in [9.17, 15) is 18.0 Å². The number of benzene rings is 1. The summed E-state index contributed by atoms with van der Waals surface area (Å²) in [7, 11) is -3.92. The summed E-state index contributed by atoms with van der Waals surface area (Å²) in [5.41, 5.74) is -1.31. The lowest BCUT2D eigenvalue weighted by molar-refractivity contribution is -0.102. The molecule has 2 aliphatic heterocycles. The second kappa shape index (κ2) is 10.2. The van der Waals surface area contributed by atoms with E-state index in [2.05, 4.69) is 16.9 Å². The van der Waals surface area contributed by atoms with Gasteiger partial charge in [-0.25, -0.2) is 13.2 Å². The first-order chi connectivity index (χ1) is 15.9. The van der Waals surface area contributed by atoms with Crippen LogP contribution in [0.3, 0.4) is 0 Å². The molecule has 1 fully saturated rings. The molecule has 10 heteroatoms. The van der Waals surface area contributed by atoms with Crippen LogP contribution in [-0.2, 0) is 19.4 Å². The van der Waals surface area contributed by atoms with Gasteiger partial charge in [-0.05, 0) is 70.6 Å². The predicted molar refractivity (Wildman–Crippen MR) is 132 cm³/mol. The highest BCUT2D eigenvalue weighted by molar-refractivity contribution is 7.92. The quantitative estimate of drug-likeness (QED) is 0.472. The van der Waals surface area contributed by atoms with Gasteiger partial charge in [0.05, 0.1) is 11.1 Å². The van der Waals surface area contributed by atoms with E-state index >= 15 is 0 Å². The first-order valence-corrected chi connectivity index (χ1v) is 13.4. The lowest BCUT2D eigenvalue weighted by Gasteiger charge is -2.28. The van der Waals surface area contributed by atoms with Crippen LogP contribution in [-0.4, -0.2) is 60.8 Å². The SMILES string of the molecule is CCCCC1(CC2CC(S(=O)(=O)c3cccc(Cl)c3)N(C(=O)OC(C)(C)C)C2)N=CC(C=O)=N1. The molecule has 0 N–H and O–H groups in total. The Morgan fingerprint density at radius 2 is 2.09 bits per heavy atom. The third-order valence-corrected chi connectivity index (χ3v) is 8.20. The van der Waals surface area contributed by atoms with E-state index < -0.39 is 32.6 Å². The van der Waals surface area contributed by atoms with Crippen molar-refractivity contribution in [3.8, 4) is 0 Å². The van der Waals surface area contributed by atoms with Crippen molar-refractivity contribution in [2.24, 2.45) is 15.9 Å². The molecule has 1 aromatic carbocycles. The Bertz CT molecular complexity index is 1100. The summed E-state index contributed by atoms with van der Waals surface area (Å²) in [6, 6.07) is 6.04. The number of likely N-dealkylation sites (tertiary alicyclic amines) is 1. The highest BCUT2D eigenvalue weighted by Gasteiger charge is 2.47. The van der Waals surface area contributed by atoms with Crippen LogP contribution >= 0.6 is 11.6 Å². The number of carbonyl (C=O) groups is 2. The maximum absolute atomic E-state index is 13.6. The van der Waals surface area contributed by atoms with E-state index in [1.54, 1.807) is 32.9 Å². The van der Waals surface area contributed by atoms with Crippen LogP contribution in [0.1, 0.15) is 59.8 Å². The summed E-state index contributed by atoms with van der Waals surface area (Å²) < 4.78 is 32.7. The third kappa shape index (κ3) is 6.05. The Balaban J connectivity index is 1.93. The molecule has 186 valence electrons. The monoisotopic (exact) mass is 509 g/mol. The smallest absolute Gasteiger partial charge is 0.411 e. The summed E-state index contributed by atoms with van der Waals surface area (Å²) in [4.78, 5) is 34.8. The maximum atomic E-state index is 13.6. The van der Waals surface area contributed by atoms with Crippen molar-refractivity contribution in [1.29, 1.82) is 0 Å². The normalized spacial score (nSPS) is 24.9. The van der Waals surface area contributed by atoms with Crippen molar-refractivity contribution in [1.82, 2.24) is 4.90 Å². The third-order valence-electron chi connectivity index (χ3n) is 5.89. The van der Waals surface area contributed by atoms with E-state index in [0.717, 1.165) is 12.8 Å². The van der Waals surface area contributed by atoms with Gasteiger partial charge in [-0.15, -0.1) is 0 Å². The Kier molecular flexibility index (Phi) is 7.87. The number of unbranched alkanes of at least 4 members (excludes halogenated alkanes) is 1. The number of hydrogen-bond acceptors (Lipinski definition) is 7. The van der Waals surface area contributed by atoms with E-state index in [4.69, 9.17) is 16.3 Å². The lowest BCUT2D eigenvalue weighted by atomic mass is 9.91. The second-order valence-electron chi connectivity index (χ2n) is 9.89. The van der Waals surface area contributed by atoms with Crippen LogP contribution < -0.4 is 0 Å². The first kappa shape index (κ1) is 26.3. The van der Waals surface area contributed by atoms with Crippen LogP contribution in [0.4, 0.5) is 4.79 Å². The minimum Gasteiger partial charge on any atom is -0.444 e. The maximum Gasteiger partial charge on any atom is 0.411 e. The van der Waals surface area contributed by atoms with Gasteiger partial charge in [0.15, 0.2) is 21.8 Å². The van der Waals surface area contributed by atoms with Crippen molar-refractivity contribution in [3.63, 3.8) is 0 Å². The number of sulfone groups is 1. The summed E-state index contributed by atoms with van der Waals surface area (Å²) in [5.74, 6) is -0.199. The number of hydrogen-bond donors (Lipinski definition) is 0. The van der Waals surface area contributed by atoms with E-state index in [1.807, 2.05) is 0 Å². The minimum atomic E-state index is -3.92. The lowest BCUT2D eigenvalue weighted by Crippen LogP contribution is -2.43. The number of halogens is 1. The number of aldehydes is 1. The molecule has 2 aliphatic rings. The Hall–Kier alpha value is -2.26. The zero-order chi connectivity index (χ0) is 25.1. The molecular formula is C24H32ClN3O5S. The fourth-order valence-corrected chi connectivity index (χ4v) is 6.58. The first-order valence-electron chi connectivity index (χ1n) is 11.5. The summed E-state index contributed by atoms with van der Waals surface area (Å²) in [6.07, 6.45) is 4.55. The molecule has 8 nitrogen and oxygen atoms in total. The molecular weight excluding hydrogens is 478 g/mol. The van der Waals surface area contributed by atoms with Crippen molar-refractivity contribution in [2.75, 3.05) is 6.54 Å². The van der Waals surface area contributed by atoms with Crippen LogP contribution in [0, 0.1) is 5.92 Å². The van der Waals surface area contributed by atoms with E-state index in [0.29, 0.717) is 24.2 Å². The minimum absolute atomic E-state index is 0.0556. The van der Waals surface area contributed by atoms with Gasteiger partial charge in [0.2, 0.25) is 0 Å². The topological polar surface area (TPSA) is 105 Å². The van der Waals surface area contributed by atoms with Gasteiger partial charge < -0.3 is 4.74 Å². The van der Waals surface area contributed by atoms with Crippen LogP contribution in [0.15, 0.2) is 39.1 Å². The highest BCUT2D eigenvalue weighted by Crippen LogP contribution is 2.40. The molecule has 0 aromatic heterocycles. The highest BCUT2D eigenvalue weighted by atomic mass is 35.5. The van der Waals surface area contributed by atoms with Gasteiger partial charge in [-0.3, -0.25) is 19.7 Å². The number of ether oxygens (including phenoxy) is 1. The van der Waals surface area contributed by atoms with Gasteiger partial charge in [-0.1, -0.05) is 31.0 Å².